The van der Waals surface area contributed by atoms with Crippen LogP contribution < -0.4 is 4.74 Å². The molecule has 0 fully saturated rings. The SMILES string of the molecule is Cc1ccc(F)c(C(O)c2ccc3c(c2)CC(C)O3)c1. The Balaban J connectivity index is 1.97. The molecule has 0 aliphatic carbocycles. The molecule has 0 radical (unpaired) electrons. The molecular formula is C17H17FO2. The van der Waals surface area contributed by atoms with E-state index in [-0.39, 0.29) is 11.9 Å². The fourth-order valence-electron chi connectivity index (χ4n) is 2.66. The minimum atomic E-state index is -0.948. The van der Waals surface area contributed by atoms with Crippen molar-refractivity contribution >= 4 is 0 Å². The number of hydrogen-bond acceptors (Lipinski definition) is 2. The van der Waals surface area contributed by atoms with E-state index in [4.69, 9.17) is 4.74 Å². The number of fused-ring (bicyclic) bond motifs is 1. The van der Waals surface area contributed by atoms with Crippen LogP contribution in [-0.4, -0.2) is 11.2 Å². The number of aliphatic hydroxyl groups is 1. The van der Waals surface area contributed by atoms with Gasteiger partial charge in [0.05, 0.1) is 0 Å². The second-order valence-corrected chi connectivity index (χ2v) is 5.43. The zero-order valence-electron chi connectivity index (χ0n) is 11.6. The summed E-state index contributed by atoms with van der Waals surface area (Å²) in [6.45, 7) is 3.89. The molecule has 3 heteroatoms. The number of hydrogen-bond donors (Lipinski definition) is 1. The minimum absolute atomic E-state index is 0.160. The lowest BCUT2D eigenvalue weighted by atomic mass is 9.97. The van der Waals surface area contributed by atoms with Crippen molar-refractivity contribution in [3.8, 4) is 5.75 Å². The van der Waals surface area contributed by atoms with Crippen LogP contribution in [0.2, 0.25) is 0 Å². The first-order valence-corrected chi connectivity index (χ1v) is 6.78. The Morgan fingerprint density at radius 3 is 2.85 bits per heavy atom. The molecule has 2 aromatic rings. The summed E-state index contributed by atoms with van der Waals surface area (Å²) in [4.78, 5) is 0. The van der Waals surface area contributed by atoms with Gasteiger partial charge in [0.2, 0.25) is 0 Å². The monoisotopic (exact) mass is 272 g/mol. The van der Waals surface area contributed by atoms with E-state index in [2.05, 4.69) is 0 Å². The highest BCUT2D eigenvalue weighted by Gasteiger charge is 2.22. The van der Waals surface area contributed by atoms with E-state index in [1.165, 1.54) is 6.07 Å². The van der Waals surface area contributed by atoms with Gasteiger partial charge in [-0.1, -0.05) is 23.8 Å². The van der Waals surface area contributed by atoms with E-state index in [0.29, 0.717) is 11.1 Å². The highest BCUT2D eigenvalue weighted by molar-refractivity contribution is 5.43. The molecule has 3 rings (SSSR count). The number of benzene rings is 2. The molecule has 2 unspecified atom stereocenters. The fourth-order valence-corrected chi connectivity index (χ4v) is 2.66. The Morgan fingerprint density at radius 1 is 1.25 bits per heavy atom. The molecule has 1 aliphatic rings. The molecule has 1 N–H and O–H groups in total. The van der Waals surface area contributed by atoms with Crippen LogP contribution in [0.4, 0.5) is 4.39 Å². The van der Waals surface area contributed by atoms with Crippen LogP contribution >= 0.6 is 0 Å². The highest BCUT2D eigenvalue weighted by atomic mass is 19.1. The Bertz CT molecular complexity index is 651. The van der Waals surface area contributed by atoms with Crippen LogP contribution in [0.5, 0.6) is 5.75 Å². The molecule has 0 aromatic heterocycles. The molecule has 2 atom stereocenters. The zero-order chi connectivity index (χ0) is 14.3. The molecule has 2 aromatic carbocycles. The quantitative estimate of drug-likeness (QED) is 0.906. The summed E-state index contributed by atoms with van der Waals surface area (Å²) in [6, 6.07) is 10.3. The van der Waals surface area contributed by atoms with Gasteiger partial charge in [-0.05, 0) is 43.2 Å². The lowest BCUT2D eigenvalue weighted by molar-refractivity contribution is 0.214. The summed E-state index contributed by atoms with van der Waals surface area (Å²) >= 11 is 0. The first-order chi connectivity index (χ1) is 9.54. The average molecular weight is 272 g/mol. The second kappa shape index (κ2) is 4.91. The maximum atomic E-state index is 13.9. The van der Waals surface area contributed by atoms with Crippen molar-refractivity contribution in [2.75, 3.05) is 0 Å². The fraction of sp³-hybridized carbons (Fsp3) is 0.294. The molecule has 0 saturated heterocycles. The topological polar surface area (TPSA) is 29.5 Å². The van der Waals surface area contributed by atoms with Crippen molar-refractivity contribution in [1.29, 1.82) is 0 Å². The molecule has 104 valence electrons. The van der Waals surface area contributed by atoms with Gasteiger partial charge >= 0.3 is 0 Å². The van der Waals surface area contributed by atoms with Gasteiger partial charge in [0.15, 0.2) is 0 Å². The summed E-state index contributed by atoms with van der Waals surface area (Å²) in [5.74, 6) is 0.478. The van der Waals surface area contributed by atoms with E-state index >= 15 is 0 Å². The van der Waals surface area contributed by atoms with E-state index in [9.17, 15) is 9.50 Å². The second-order valence-electron chi connectivity index (χ2n) is 5.43. The van der Waals surface area contributed by atoms with Crippen LogP contribution in [-0.2, 0) is 6.42 Å². The van der Waals surface area contributed by atoms with Crippen molar-refractivity contribution in [2.24, 2.45) is 0 Å². The molecule has 0 amide bonds. The van der Waals surface area contributed by atoms with Crippen LogP contribution in [0.15, 0.2) is 36.4 Å². The maximum absolute atomic E-state index is 13.9. The maximum Gasteiger partial charge on any atom is 0.129 e. The number of ether oxygens (including phenoxy) is 1. The van der Waals surface area contributed by atoms with E-state index < -0.39 is 6.10 Å². The van der Waals surface area contributed by atoms with Crippen molar-refractivity contribution in [1.82, 2.24) is 0 Å². The molecule has 0 bridgehead atoms. The third-order valence-electron chi connectivity index (χ3n) is 3.68. The van der Waals surface area contributed by atoms with Gasteiger partial charge < -0.3 is 9.84 Å². The van der Waals surface area contributed by atoms with Gasteiger partial charge in [-0.3, -0.25) is 0 Å². The standard InChI is InChI=1S/C17H17FO2/c1-10-3-5-15(18)14(7-10)17(19)12-4-6-16-13(9-12)8-11(2)20-16/h3-7,9,11,17,19H,8H2,1-2H3. The van der Waals surface area contributed by atoms with Crippen molar-refractivity contribution in [2.45, 2.75) is 32.5 Å². The van der Waals surface area contributed by atoms with Gasteiger partial charge in [-0.25, -0.2) is 4.39 Å². The first kappa shape index (κ1) is 13.1. The van der Waals surface area contributed by atoms with Crippen molar-refractivity contribution in [3.63, 3.8) is 0 Å². The van der Waals surface area contributed by atoms with Crippen LogP contribution in [0.3, 0.4) is 0 Å². The minimum Gasteiger partial charge on any atom is -0.490 e. The number of rotatable bonds is 2. The van der Waals surface area contributed by atoms with E-state index in [0.717, 1.165) is 23.3 Å². The van der Waals surface area contributed by atoms with Crippen LogP contribution in [0, 0.1) is 12.7 Å². The highest BCUT2D eigenvalue weighted by Crippen LogP contribution is 2.33. The van der Waals surface area contributed by atoms with Gasteiger partial charge in [0, 0.05) is 12.0 Å². The molecule has 1 aliphatic heterocycles. The molecule has 0 saturated carbocycles. The predicted molar refractivity (Wildman–Crippen MR) is 75.4 cm³/mol. The van der Waals surface area contributed by atoms with Gasteiger partial charge in [0.1, 0.15) is 23.8 Å². The average Bonchev–Trinajstić information content (AvgIpc) is 2.79. The summed E-state index contributed by atoms with van der Waals surface area (Å²) in [5.41, 5.74) is 3.02. The predicted octanol–water partition coefficient (Wildman–Crippen LogP) is 3.54. The number of aryl methyl sites for hydroxylation is 1. The third-order valence-corrected chi connectivity index (χ3v) is 3.68. The third kappa shape index (κ3) is 2.29. The smallest absolute Gasteiger partial charge is 0.129 e. The largest absolute Gasteiger partial charge is 0.490 e. The molecule has 1 heterocycles. The molecule has 20 heavy (non-hydrogen) atoms. The van der Waals surface area contributed by atoms with Gasteiger partial charge in [0.25, 0.3) is 0 Å². The van der Waals surface area contributed by atoms with Gasteiger partial charge in [-0.2, -0.15) is 0 Å². The summed E-state index contributed by atoms with van der Waals surface area (Å²) in [7, 11) is 0. The number of aliphatic hydroxyl groups excluding tert-OH is 1. The van der Waals surface area contributed by atoms with E-state index in [1.54, 1.807) is 18.2 Å². The summed E-state index contributed by atoms with van der Waals surface area (Å²) < 4.78 is 19.5. The van der Waals surface area contributed by atoms with Gasteiger partial charge in [-0.15, -0.1) is 0 Å². The number of halogens is 1. The Hall–Kier alpha value is -1.87. The first-order valence-electron chi connectivity index (χ1n) is 6.78. The Morgan fingerprint density at radius 2 is 2.05 bits per heavy atom. The van der Waals surface area contributed by atoms with Crippen LogP contribution in [0.1, 0.15) is 35.3 Å². The lowest BCUT2D eigenvalue weighted by Gasteiger charge is -2.14. The lowest BCUT2D eigenvalue weighted by Crippen LogP contribution is -2.05. The van der Waals surface area contributed by atoms with Crippen LogP contribution in [0.25, 0.3) is 0 Å². The van der Waals surface area contributed by atoms with Crippen molar-refractivity contribution < 1.29 is 14.2 Å². The van der Waals surface area contributed by atoms with E-state index in [1.807, 2.05) is 26.0 Å². The summed E-state index contributed by atoms with van der Waals surface area (Å²) in [5, 5.41) is 10.4. The zero-order valence-corrected chi connectivity index (χ0v) is 11.6. The summed E-state index contributed by atoms with van der Waals surface area (Å²) in [6.07, 6.45) is 0.0378. The van der Waals surface area contributed by atoms with Crippen molar-refractivity contribution in [3.05, 3.63) is 64.5 Å². The molecule has 2 nitrogen and oxygen atoms in total. The Kier molecular flexibility index (Phi) is 3.22. The normalized spacial score (nSPS) is 18.5. The Labute approximate surface area is 117 Å². The molecular weight excluding hydrogens is 255 g/mol. The molecule has 0 spiro atoms.